The van der Waals surface area contributed by atoms with Crippen LogP contribution in [0.1, 0.15) is 37.3 Å². The smallest absolute Gasteiger partial charge is 0.326 e. The van der Waals surface area contributed by atoms with Crippen LogP contribution in [0, 0.1) is 5.82 Å². The van der Waals surface area contributed by atoms with Crippen molar-refractivity contribution in [3.63, 3.8) is 0 Å². The molecule has 3 aromatic heterocycles. The summed E-state index contributed by atoms with van der Waals surface area (Å²) in [6.07, 6.45) is 5.37. The molecule has 1 aliphatic carbocycles. The highest BCUT2D eigenvalue weighted by molar-refractivity contribution is 6.05. The maximum absolute atomic E-state index is 15.3. The number of halogens is 1. The minimum Gasteiger partial charge on any atom is -0.478 e. The van der Waals surface area contributed by atoms with Gasteiger partial charge < -0.3 is 19.4 Å². The highest BCUT2D eigenvalue weighted by Gasteiger charge is 2.30. The molecule has 0 spiro atoms. The van der Waals surface area contributed by atoms with Gasteiger partial charge in [-0.3, -0.25) is 9.55 Å². The van der Waals surface area contributed by atoms with Gasteiger partial charge in [-0.25, -0.2) is 14.2 Å². The number of rotatable bonds is 8. The average Bonchev–Trinajstić information content (AvgIpc) is 3.46. The minimum absolute atomic E-state index is 0.153. The van der Waals surface area contributed by atoms with E-state index in [1.54, 1.807) is 43.1 Å². The maximum atomic E-state index is 15.3. The average molecular weight is 494 g/mol. The van der Waals surface area contributed by atoms with E-state index in [-0.39, 0.29) is 23.5 Å². The normalized spacial score (nSPS) is 18.1. The lowest BCUT2D eigenvalue weighted by molar-refractivity contribution is 0.108. The van der Waals surface area contributed by atoms with Gasteiger partial charge in [-0.05, 0) is 51.9 Å². The van der Waals surface area contributed by atoms with Crippen molar-refractivity contribution in [2.45, 2.75) is 37.7 Å². The van der Waals surface area contributed by atoms with Crippen LogP contribution in [-0.2, 0) is 11.8 Å². The van der Waals surface area contributed by atoms with Gasteiger partial charge in [0.05, 0.1) is 35.0 Å². The summed E-state index contributed by atoms with van der Waals surface area (Å²) in [5, 5.41) is 0.702. The molecule has 190 valence electrons. The summed E-state index contributed by atoms with van der Waals surface area (Å²) in [7, 11) is 7.50. The maximum Gasteiger partial charge on any atom is 0.326 e. The van der Waals surface area contributed by atoms with Crippen LogP contribution < -0.4 is 10.4 Å². The third-order valence-corrected chi connectivity index (χ3v) is 7.10. The molecule has 1 saturated carbocycles. The first-order valence-electron chi connectivity index (χ1n) is 12.3. The van der Waals surface area contributed by atoms with E-state index < -0.39 is 0 Å². The number of aromatic amines is 1. The van der Waals surface area contributed by atoms with Crippen molar-refractivity contribution in [3.8, 4) is 17.0 Å². The van der Waals surface area contributed by atoms with Gasteiger partial charge in [0.25, 0.3) is 0 Å². The summed E-state index contributed by atoms with van der Waals surface area (Å²) in [5.74, 6) is 0.271. The second-order valence-corrected chi connectivity index (χ2v) is 9.82. The fourth-order valence-electron chi connectivity index (χ4n) is 5.14. The Kier molecular flexibility index (Phi) is 6.77. The zero-order valence-electron chi connectivity index (χ0n) is 21.2. The topological polar surface area (TPSA) is 85.3 Å². The molecule has 1 aliphatic rings. The van der Waals surface area contributed by atoms with Crippen LogP contribution in [0.2, 0.25) is 0 Å². The Labute approximate surface area is 209 Å². The van der Waals surface area contributed by atoms with Gasteiger partial charge >= 0.3 is 5.69 Å². The number of hydrogen-bond acceptors (Lipinski definition) is 6. The molecule has 3 heterocycles. The highest BCUT2D eigenvalue weighted by Crippen LogP contribution is 2.40. The molecule has 4 aromatic rings. The van der Waals surface area contributed by atoms with Crippen LogP contribution >= 0.6 is 0 Å². The van der Waals surface area contributed by atoms with Crippen LogP contribution in [-0.4, -0.2) is 64.9 Å². The molecule has 1 unspecified atom stereocenters. The van der Waals surface area contributed by atoms with Crippen LogP contribution in [0.4, 0.5) is 4.39 Å². The van der Waals surface area contributed by atoms with E-state index >= 15 is 4.39 Å². The molecule has 0 amide bonds. The molecular weight excluding hydrogens is 461 g/mol. The fraction of sp³-hybridized carbons (Fsp3) is 0.444. The predicted octanol–water partition coefficient (Wildman–Crippen LogP) is 4.23. The minimum atomic E-state index is -0.388. The predicted molar refractivity (Wildman–Crippen MR) is 138 cm³/mol. The summed E-state index contributed by atoms with van der Waals surface area (Å²) in [4.78, 5) is 26.9. The summed E-state index contributed by atoms with van der Waals surface area (Å²) in [6.45, 7) is 1.49. The first kappa shape index (κ1) is 24.4. The number of nitrogens with zero attached hydrogens (tertiary/aromatic N) is 4. The third-order valence-electron chi connectivity index (χ3n) is 7.10. The van der Waals surface area contributed by atoms with Gasteiger partial charge in [0.15, 0.2) is 0 Å². The third kappa shape index (κ3) is 4.60. The lowest BCUT2D eigenvalue weighted by Crippen LogP contribution is -2.15. The van der Waals surface area contributed by atoms with Gasteiger partial charge in [0.1, 0.15) is 5.82 Å². The van der Waals surface area contributed by atoms with E-state index in [0.29, 0.717) is 40.0 Å². The lowest BCUT2D eigenvalue weighted by atomic mass is 9.98. The molecule has 0 radical (unpaired) electrons. The lowest BCUT2D eigenvalue weighted by Gasteiger charge is -2.15. The molecule has 1 aromatic carbocycles. The van der Waals surface area contributed by atoms with Gasteiger partial charge in [-0.1, -0.05) is 0 Å². The Morgan fingerprint density at radius 2 is 2.08 bits per heavy atom. The Morgan fingerprint density at radius 3 is 2.78 bits per heavy atom. The number of aromatic nitrogens is 4. The first-order valence-corrected chi connectivity index (χ1v) is 12.3. The fourth-order valence-corrected chi connectivity index (χ4v) is 5.14. The molecule has 1 N–H and O–H groups in total. The van der Waals surface area contributed by atoms with Gasteiger partial charge in [0, 0.05) is 61.5 Å². The summed E-state index contributed by atoms with van der Waals surface area (Å²) in [6, 6.07) is 6.76. The number of nitrogens with one attached hydrogen (secondary N) is 1. The summed E-state index contributed by atoms with van der Waals surface area (Å²) < 4.78 is 28.2. The Bertz CT molecular complexity index is 1440. The van der Waals surface area contributed by atoms with E-state index in [1.807, 2.05) is 14.1 Å². The van der Waals surface area contributed by atoms with Crippen LogP contribution in [0.5, 0.6) is 5.88 Å². The van der Waals surface area contributed by atoms with E-state index in [9.17, 15) is 4.79 Å². The number of hydrogen-bond donors (Lipinski definition) is 1. The van der Waals surface area contributed by atoms with Gasteiger partial charge in [-0.15, -0.1) is 0 Å². The van der Waals surface area contributed by atoms with Crippen LogP contribution in [0.15, 0.2) is 35.3 Å². The zero-order valence-corrected chi connectivity index (χ0v) is 21.2. The number of aryl methyl sites for hydroxylation is 1. The molecule has 0 saturated heterocycles. The number of imidazole rings is 1. The molecule has 36 heavy (non-hydrogen) atoms. The van der Waals surface area contributed by atoms with Crippen LogP contribution in [0.3, 0.4) is 0 Å². The molecule has 5 rings (SSSR count). The quantitative estimate of drug-likeness (QED) is 0.370. The van der Waals surface area contributed by atoms with Crippen molar-refractivity contribution in [1.82, 2.24) is 24.4 Å². The molecule has 1 fully saturated rings. The van der Waals surface area contributed by atoms with Crippen LogP contribution in [0.25, 0.3) is 33.1 Å². The summed E-state index contributed by atoms with van der Waals surface area (Å²) >= 11 is 0. The van der Waals surface area contributed by atoms with E-state index in [0.717, 1.165) is 43.4 Å². The van der Waals surface area contributed by atoms with E-state index in [2.05, 4.69) is 14.9 Å². The van der Waals surface area contributed by atoms with Crippen molar-refractivity contribution in [2.75, 3.05) is 34.4 Å². The molecule has 2 atom stereocenters. The number of pyridine rings is 2. The second kappa shape index (κ2) is 9.99. The number of methoxy groups -OCH3 is 1. The van der Waals surface area contributed by atoms with Gasteiger partial charge in [-0.2, -0.15) is 0 Å². The number of benzene rings is 1. The molecule has 8 nitrogen and oxygen atoms in total. The monoisotopic (exact) mass is 493 g/mol. The Balaban J connectivity index is 1.52. The largest absolute Gasteiger partial charge is 0.478 e. The molecule has 9 heteroatoms. The zero-order chi connectivity index (χ0) is 25.4. The number of H-pyrrole nitrogens is 1. The highest BCUT2D eigenvalue weighted by atomic mass is 19.1. The van der Waals surface area contributed by atoms with Crippen molar-refractivity contribution < 1.29 is 13.9 Å². The molecular formula is C27H32FN5O3. The standard InChI is InChI=1S/C27H32FN5O3/c1-32(2)10-5-11-36-23-9-7-17(15-29-23)19-13-20-22(14-21(19)28)30-24(16-6-8-18(12-16)35-4)26-25(20)31-27(34)33(26)3/h7,9,13-16,18H,5-6,8,10-12H2,1-4H3,(H,31,34)/t16-,18?/m0/s1. The Morgan fingerprint density at radius 1 is 1.25 bits per heavy atom. The number of fused-ring (bicyclic) bond motifs is 3. The Hall–Kier alpha value is -3.30. The van der Waals surface area contributed by atoms with Crippen molar-refractivity contribution in [2.24, 2.45) is 7.05 Å². The SMILES string of the molecule is COC1CC[C@H](c2nc3cc(F)c(-c4ccc(OCCCN(C)C)nc4)cc3c3[nH]c(=O)n(C)c23)C1. The van der Waals surface area contributed by atoms with Crippen molar-refractivity contribution in [1.29, 1.82) is 0 Å². The van der Waals surface area contributed by atoms with E-state index in [1.165, 1.54) is 6.07 Å². The van der Waals surface area contributed by atoms with E-state index in [4.69, 9.17) is 14.5 Å². The molecule has 0 bridgehead atoms. The second-order valence-electron chi connectivity index (χ2n) is 9.82. The summed E-state index contributed by atoms with van der Waals surface area (Å²) in [5.41, 5.74) is 3.60. The van der Waals surface area contributed by atoms with Crippen molar-refractivity contribution >= 4 is 21.9 Å². The number of ether oxygens (including phenoxy) is 2. The van der Waals surface area contributed by atoms with Gasteiger partial charge in [0.2, 0.25) is 5.88 Å². The first-order chi connectivity index (χ1) is 17.4. The molecule has 0 aliphatic heterocycles. The van der Waals surface area contributed by atoms with Crippen molar-refractivity contribution in [3.05, 3.63) is 52.5 Å².